The maximum atomic E-state index is 12.2. The first-order valence-corrected chi connectivity index (χ1v) is 11.0. The van der Waals surface area contributed by atoms with E-state index in [2.05, 4.69) is 31.2 Å². The predicted molar refractivity (Wildman–Crippen MR) is 126 cm³/mol. The van der Waals surface area contributed by atoms with Gasteiger partial charge in [-0.3, -0.25) is 14.7 Å². The highest BCUT2D eigenvalue weighted by Crippen LogP contribution is 2.18. The molecule has 0 radical (unpaired) electrons. The molecule has 2 aromatic heterocycles. The van der Waals surface area contributed by atoms with E-state index in [1.807, 2.05) is 24.4 Å². The Kier molecular flexibility index (Phi) is 7.53. The van der Waals surface area contributed by atoms with Gasteiger partial charge in [-0.05, 0) is 54.4 Å². The van der Waals surface area contributed by atoms with Crippen molar-refractivity contribution in [3.05, 3.63) is 77.7 Å². The van der Waals surface area contributed by atoms with Crippen molar-refractivity contribution in [1.82, 2.24) is 14.9 Å². The lowest BCUT2D eigenvalue weighted by Crippen LogP contribution is -2.31. The summed E-state index contributed by atoms with van der Waals surface area (Å²) in [4.78, 5) is 25.7. The van der Waals surface area contributed by atoms with Crippen LogP contribution in [0.25, 0.3) is 0 Å². The topological polar surface area (TPSA) is 70.6 Å². The number of pyridine rings is 2. The fourth-order valence-electron chi connectivity index (χ4n) is 3.63. The number of hydrogen-bond acceptors (Lipinski definition) is 6. The van der Waals surface area contributed by atoms with Gasteiger partial charge in [0.25, 0.3) is 5.91 Å². The van der Waals surface area contributed by atoms with Crippen molar-refractivity contribution in [1.29, 1.82) is 0 Å². The van der Waals surface area contributed by atoms with Crippen LogP contribution in [-0.2, 0) is 11.3 Å². The molecule has 0 bridgehead atoms. The third kappa shape index (κ3) is 6.42. The van der Waals surface area contributed by atoms with E-state index in [-0.39, 0.29) is 12.5 Å². The normalized spacial score (nSPS) is 14.6. The van der Waals surface area contributed by atoms with Gasteiger partial charge in [0.15, 0.2) is 6.61 Å². The summed E-state index contributed by atoms with van der Waals surface area (Å²) in [6.45, 7) is 4.72. The van der Waals surface area contributed by atoms with Crippen LogP contribution in [-0.4, -0.2) is 53.6 Å². The summed E-state index contributed by atoms with van der Waals surface area (Å²) < 4.78 is 5.47. The van der Waals surface area contributed by atoms with Crippen molar-refractivity contribution in [3.8, 4) is 5.75 Å². The summed E-state index contributed by atoms with van der Waals surface area (Å²) in [5.74, 6) is 1.27. The highest BCUT2D eigenvalue weighted by molar-refractivity contribution is 6.30. The Balaban J connectivity index is 1.25. The third-order valence-electron chi connectivity index (χ3n) is 5.26. The largest absolute Gasteiger partial charge is 0.484 e. The van der Waals surface area contributed by atoms with Gasteiger partial charge >= 0.3 is 0 Å². The number of anilines is 2. The number of hydrogen-bond donors (Lipinski definition) is 1. The molecule has 0 saturated carbocycles. The maximum absolute atomic E-state index is 12.2. The summed E-state index contributed by atoms with van der Waals surface area (Å²) in [6, 6.07) is 14.8. The van der Waals surface area contributed by atoms with Gasteiger partial charge in [-0.15, -0.1) is 0 Å². The van der Waals surface area contributed by atoms with Crippen LogP contribution in [0.1, 0.15) is 12.0 Å². The summed E-state index contributed by atoms with van der Waals surface area (Å²) in [5.41, 5.74) is 1.88. The van der Waals surface area contributed by atoms with Gasteiger partial charge < -0.3 is 15.0 Å². The first-order valence-electron chi connectivity index (χ1n) is 10.7. The average Bonchev–Trinajstić information content (AvgIpc) is 3.05. The average molecular weight is 452 g/mol. The summed E-state index contributed by atoms with van der Waals surface area (Å²) in [5, 5.41) is 3.44. The number of aromatic nitrogens is 2. The van der Waals surface area contributed by atoms with Gasteiger partial charge in [-0.25, -0.2) is 4.98 Å². The molecule has 1 aliphatic heterocycles. The SMILES string of the molecule is O=C(COc1ccc(Cl)cc1)Nc1ccc(N2CCCN(Cc3cccnc3)CC2)nc1. The minimum atomic E-state index is -0.240. The fraction of sp³-hybridized carbons (Fsp3) is 0.292. The Morgan fingerprint density at radius 3 is 2.66 bits per heavy atom. The van der Waals surface area contributed by atoms with Crippen LogP contribution in [0.4, 0.5) is 11.5 Å². The number of carbonyl (C=O) groups excluding carboxylic acids is 1. The predicted octanol–water partition coefficient (Wildman–Crippen LogP) is 3.86. The van der Waals surface area contributed by atoms with Gasteiger partial charge in [-0.1, -0.05) is 17.7 Å². The van der Waals surface area contributed by atoms with Crippen molar-refractivity contribution >= 4 is 29.0 Å². The van der Waals surface area contributed by atoms with E-state index in [1.54, 1.807) is 36.7 Å². The maximum Gasteiger partial charge on any atom is 0.262 e. The number of nitrogens with zero attached hydrogens (tertiary/aromatic N) is 4. The minimum Gasteiger partial charge on any atom is -0.484 e. The molecule has 32 heavy (non-hydrogen) atoms. The number of ether oxygens (including phenoxy) is 1. The van der Waals surface area contributed by atoms with E-state index in [0.717, 1.165) is 45.0 Å². The van der Waals surface area contributed by atoms with Crippen molar-refractivity contribution in [2.45, 2.75) is 13.0 Å². The molecule has 7 nitrogen and oxygen atoms in total. The van der Waals surface area contributed by atoms with Crippen LogP contribution in [0.3, 0.4) is 0 Å². The Morgan fingerprint density at radius 1 is 1.03 bits per heavy atom. The molecule has 166 valence electrons. The Hall–Kier alpha value is -3.16. The zero-order valence-corrected chi connectivity index (χ0v) is 18.5. The molecule has 4 rings (SSSR count). The molecule has 1 aromatic carbocycles. The Bertz CT molecular complexity index is 999. The molecule has 1 fully saturated rings. The number of nitrogens with one attached hydrogen (secondary N) is 1. The monoisotopic (exact) mass is 451 g/mol. The quantitative estimate of drug-likeness (QED) is 0.588. The van der Waals surface area contributed by atoms with E-state index < -0.39 is 0 Å². The first-order chi connectivity index (χ1) is 15.7. The number of amides is 1. The molecule has 1 aliphatic rings. The molecule has 0 unspecified atom stereocenters. The molecule has 0 spiro atoms. The lowest BCUT2D eigenvalue weighted by molar-refractivity contribution is -0.118. The van der Waals surface area contributed by atoms with Gasteiger partial charge in [0, 0.05) is 50.1 Å². The highest BCUT2D eigenvalue weighted by Gasteiger charge is 2.16. The second-order valence-electron chi connectivity index (χ2n) is 7.67. The molecule has 3 aromatic rings. The van der Waals surface area contributed by atoms with Crippen molar-refractivity contribution in [2.24, 2.45) is 0 Å². The second kappa shape index (κ2) is 10.9. The van der Waals surface area contributed by atoms with Crippen molar-refractivity contribution in [2.75, 3.05) is 43.0 Å². The molecule has 8 heteroatoms. The van der Waals surface area contributed by atoms with Crippen LogP contribution in [0.15, 0.2) is 67.1 Å². The van der Waals surface area contributed by atoms with Gasteiger partial charge in [0.1, 0.15) is 11.6 Å². The van der Waals surface area contributed by atoms with Crippen LogP contribution < -0.4 is 15.0 Å². The summed E-state index contributed by atoms with van der Waals surface area (Å²) >= 11 is 5.85. The minimum absolute atomic E-state index is 0.0811. The lowest BCUT2D eigenvalue weighted by atomic mass is 10.2. The zero-order valence-electron chi connectivity index (χ0n) is 17.8. The van der Waals surface area contributed by atoms with Crippen LogP contribution in [0, 0.1) is 0 Å². The molecule has 3 heterocycles. The highest BCUT2D eigenvalue weighted by atomic mass is 35.5. The number of rotatable bonds is 7. The molecule has 1 amide bonds. The number of carbonyl (C=O) groups is 1. The lowest BCUT2D eigenvalue weighted by Gasteiger charge is -2.23. The van der Waals surface area contributed by atoms with Gasteiger partial charge in [0.05, 0.1) is 11.9 Å². The molecular formula is C24H26ClN5O2. The Labute approximate surface area is 193 Å². The number of benzene rings is 1. The Morgan fingerprint density at radius 2 is 1.91 bits per heavy atom. The second-order valence-corrected chi connectivity index (χ2v) is 8.11. The smallest absolute Gasteiger partial charge is 0.262 e. The molecule has 0 atom stereocenters. The first kappa shape index (κ1) is 22.0. The summed E-state index contributed by atoms with van der Waals surface area (Å²) in [6.07, 6.45) is 6.49. The van der Waals surface area contributed by atoms with E-state index >= 15 is 0 Å². The van der Waals surface area contributed by atoms with Crippen LogP contribution in [0.2, 0.25) is 5.02 Å². The van der Waals surface area contributed by atoms with Crippen molar-refractivity contribution < 1.29 is 9.53 Å². The van der Waals surface area contributed by atoms with E-state index in [9.17, 15) is 4.79 Å². The fourth-order valence-corrected chi connectivity index (χ4v) is 3.76. The molecular weight excluding hydrogens is 426 g/mol. The van der Waals surface area contributed by atoms with Crippen molar-refractivity contribution in [3.63, 3.8) is 0 Å². The van der Waals surface area contributed by atoms with Gasteiger partial charge in [-0.2, -0.15) is 0 Å². The molecule has 0 aliphatic carbocycles. The number of halogens is 1. The van der Waals surface area contributed by atoms with E-state index in [4.69, 9.17) is 16.3 Å². The van der Waals surface area contributed by atoms with Gasteiger partial charge in [0.2, 0.25) is 0 Å². The van der Waals surface area contributed by atoms with Crippen LogP contribution in [0.5, 0.6) is 5.75 Å². The van der Waals surface area contributed by atoms with E-state index in [1.165, 1.54) is 5.56 Å². The zero-order chi connectivity index (χ0) is 22.2. The van der Waals surface area contributed by atoms with E-state index in [0.29, 0.717) is 16.5 Å². The summed E-state index contributed by atoms with van der Waals surface area (Å²) in [7, 11) is 0. The standard InChI is InChI=1S/C24H26ClN5O2/c25-20-4-7-22(8-5-20)32-18-24(31)28-21-6-9-23(27-16-21)30-12-2-11-29(13-14-30)17-19-3-1-10-26-15-19/h1,3-10,15-16H,2,11-14,17-18H2,(H,28,31). The molecule has 1 N–H and O–H groups in total. The van der Waals surface area contributed by atoms with Crippen LogP contribution >= 0.6 is 11.6 Å². The third-order valence-corrected chi connectivity index (χ3v) is 5.51. The molecule has 1 saturated heterocycles.